The van der Waals surface area contributed by atoms with Gasteiger partial charge in [0.15, 0.2) is 0 Å². The average molecular weight is 297 g/mol. The molecular weight excluding hydrogens is 280 g/mol. The number of likely N-dealkylation sites (N-methyl/N-ethyl adjacent to an activating group) is 1. The van der Waals surface area contributed by atoms with Gasteiger partial charge in [-0.05, 0) is 25.2 Å². The number of nitrogens with zero attached hydrogens (tertiary/aromatic N) is 1. The van der Waals surface area contributed by atoms with Crippen molar-refractivity contribution in [3.05, 3.63) is 51.2 Å². The van der Waals surface area contributed by atoms with Crippen LogP contribution in [0.2, 0.25) is 4.34 Å². The van der Waals surface area contributed by atoms with E-state index in [1.807, 2.05) is 37.4 Å². The van der Waals surface area contributed by atoms with E-state index < -0.39 is 6.10 Å². The molecule has 0 amide bonds. The molecule has 2 rings (SSSR count). The van der Waals surface area contributed by atoms with Gasteiger partial charge in [0.1, 0.15) is 0 Å². The first-order valence-electron chi connectivity index (χ1n) is 6.01. The number of para-hydroxylation sites is 1. The van der Waals surface area contributed by atoms with E-state index in [0.717, 1.165) is 16.4 Å². The predicted molar refractivity (Wildman–Crippen MR) is 81.5 cm³/mol. The van der Waals surface area contributed by atoms with Gasteiger partial charge < -0.3 is 10.8 Å². The van der Waals surface area contributed by atoms with E-state index in [4.69, 9.17) is 17.3 Å². The monoisotopic (exact) mass is 296 g/mol. The van der Waals surface area contributed by atoms with Gasteiger partial charge in [-0.2, -0.15) is 0 Å². The largest absolute Gasteiger partial charge is 0.398 e. The summed E-state index contributed by atoms with van der Waals surface area (Å²) in [5, 5.41) is 10.2. The molecule has 0 fully saturated rings. The summed E-state index contributed by atoms with van der Waals surface area (Å²) >= 11 is 7.46. The third kappa shape index (κ3) is 3.94. The number of hydrogen-bond donors (Lipinski definition) is 2. The number of nitrogen functional groups attached to an aromatic ring is 1. The third-order valence-corrected chi connectivity index (χ3v) is 4.11. The van der Waals surface area contributed by atoms with Crippen LogP contribution in [0.5, 0.6) is 0 Å². The molecule has 0 aliphatic heterocycles. The van der Waals surface area contributed by atoms with Crippen molar-refractivity contribution in [1.82, 2.24) is 4.90 Å². The molecule has 1 atom stereocenters. The van der Waals surface area contributed by atoms with Gasteiger partial charge in [0.2, 0.25) is 0 Å². The number of thiophene rings is 1. The summed E-state index contributed by atoms with van der Waals surface area (Å²) in [5.41, 5.74) is 7.26. The molecule has 1 aromatic heterocycles. The molecule has 0 aliphatic carbocycles. The van der Waals surface area contributed by atoms with Crippen molar-refractivity contribution in [2.45, 2.75) is 12.6 Å². The molecule has 1 aromatic carbocycles. The first-order chi connectivity index (χ1) is 9.06. The zero-order valence-electron chi connectivity index (χ0n) is 10.7. The Morgan fingerprint density at radius 2 is 2.05 bits per heavy atom. The predicted octanol–water partition coefficient (Wildman–Crippen LogP) is 3.15. The lowest BCUT2D eigenvalue weighted by atomic mass is 10.1. The van der Waals surface area contributed by atoms with Gasteiger partial charge in [-0.25, -0.2) is 0 Å². The minimum Gasteiger partial charge on any atom is -0.398 e. The van der Waals surface area contributed by atoms with Crippen LogP contribution in [-0.4, -0.2) is 23.6 Å². The summed E-state index contributed by atoms with van der Waals surface area (Å²) < 4.78 is 0.788. The van der Waals surface area contributed by atoms with Crippen LogP contribution in [0.25, 0.3) is 0 Å². The highest BCUT2D eigenvalue weighted by Gasteiger charge is 2.13. The van der Waals surface area contributed by atoms with Crippen LogP contribution in [0, 0.1) is 0 Å². The average Bonchev–Trinajstić information content (AvgIpc) is 2.74. The van der Waals surface area contributed by atoms with Crippen molar-refractivity contribution in [2.75, 3.05) is 19.3 Å². The summed E-state index contributed by atoms with van der Waals surface area (Å²) in [7, 11) is 1.97. The van der Waals surface area contributed by atoms with E-state index in [1.54, 1.807) is 17.4 Å². The number of aliphatic hydroxyl groups excluding tert-OH is 1. The van der Waals surface area contributed by atoms with Gasteiger partial charge in [-0.15, -0.1) is 11.3 Å². The van der Waals surface area contributed by atoms with Gasteiger partial charge in [0.25, 0.3) is 0 Å². The Balaban J connectivity index is 1.95. The summed E-state index contributed by atoms with van der Waals surface area (Å²) in [6, 6.07) is 11.3. The minimum atomic E-state index is -0.582. The fourth-order valence-electron chi connectivity index (χ4n) is 1.98. The van der Waals surface area contributed by atoms with Crippen LogP contribution in [0.15, 0.2) is 36.4 Å². The molecule has 3 nitrogen and oxygen atoms in total. The van der Waals surface area contributed by atoms with Crippen LogP contribution in [0.3, 0.4) is 0 Å². The lowest BCUT2D eigenvalue weighted by Gasteiger charge is -2.21. The molecule has 0 radical (unpaired) electrons. The van der Waals surface area contributed by atoms with Gasteiger partial charge in [-0.3, -0.25) is 4.90 Å². The minimum absolute atomic E-state index is 0.531. The Kier molecular flexibility index (Phi) is 4.82. The van der Waals surface area contributed by atoms with E-state index in [-0.39, 0.29) is 0 Å². The highest BCUT2D eigenvalue weighted by Crippen LogP contribution is 2.24. The second-order valence-electron chi connectivity index (χ2n) is 4.55. The van der Waals surface area contributed by atoms with Gasteiger partial charge in [-0.1, -0.05) is 29.8 Å². The highest BCUT2D eigenvalue weighted by molar-refractivity contribution is 7.16. The van der Waals surface area contributed by atoms with Crippen molar-refractivity contribution in [3.8, 4) is 0 Å². The molecular formula is C14H17ClN2OS. The van der Waals surface area contributed by atoms with Crippen molar-refractivity contribution < 1.29 is 5.11 Å². The fourth-order valence-corrected chi connectivity index (χ4v) is 3.14. The number of rotatable bonds is 5. The van der Waals surface area contributed by atoms with E-state index in [9.17, 15) is 5.11 Å². The number of benzene rings is 1. The number of nitrogens with two attached hydrogens (primary N) is 1. The maximum atomic E-state index is 10.2. The maximum absolute atomic E-state index is 10.2. The van der Waals surface area contributed by atoms with Crippen LogP contribution >= 0.6 is 22.9 Å². The lowest BCUT2D eigenvalue weighted by molar-refractivity contribution is 0.125. The normalized spacial score (nSPS) is 12.8. The molecule has 0 bridgehead atoms. The molecule has 0 saturated heterocycles. The molecule has 5 heteroatoms. The van der Waals surface area contributed by atoms with Gasteiger partial charge in [0, 0.05) is 29.2 Å². The molecule has 0 aliphatic rings. The molecule has 2 aromatic rings. The first kappa shape index (κ1) is 14.3. The second kappa shape index (κ2) is 6.39. The molecule has 1 heterocycles. The van der Waals surface area contributed by atoms with E-state index in [0.29, 0.717) is 12.2 Å². The van der Waals surface area contributed by atoms with Gasteiger partial charge >= 0.3 is 0 Å². The van der Waals surface area contributed by atoms with E-state index >= 15 is 0 Å². The zero-order chi connectivity index (χ0) is 13.8. The lowest BCUT2D eigenvalue weighted by Crippen LogP contribution is -2.24. The summed E-state index contributed by atoms with van der Waals surface area (Å²) in [6.45, 7) is 1.30. The Morgan fingerprint density at radius 3 is 2.68 bits per heavy atom. The molecule has 102 valence electrons. The number of hydrogen-bond acceptors (Lipinski definition) is 4. The maximum Gasteiger partial charge on any atom is 0.0936 e. The Hall–Kier alpha value is -1.07. The number of anilines is 1. The highest BCUT2D eigenvalue weighted by atomic mass is 35.5. The smallest absolute Gasteiger partial charge is 0.0936 e. The van der Waals surface area contributed by atoms with Crippen molar-refractivity contribution in [1.29, 1.82) is 0 Å². The van der Waals surface area contributed by atoms with E-state index in [1.165, 1.54) is 4.88 Å². The Morgan fingerprint density at radius 1 is 1.32 bits per heavy atom. The van der Waals surface area contributed by atoms with Crippen LogP contribution in [0.1, 0.15) is 16.5 Å². The van der Waals surface area contributed by atoms with Crippen LogP contribution in [-0.2, 0) is 6.54 Å². The molecule has 0 spiro atoms. The fraction of sp³-hybridized carbons (Fsp3) is 0.286. The van der Waals surface area contributed by atoms with Crippen LogP contribution in [0.4, 0.5) is 5.69 Å². The van der Waals surface area contributed by atoms with Crippen LogP contribution < -0.4 is 5.73 Å². The van der Waals surface area contributed by atoms with Crippen molar-refractivity contribution >= 4 is 28.6 Å². The first-order valence-corrected chi connectivity index (χ1v) is 7.21. The topological polar surface area (TPSA) is 49.5 Å². The third-order valence-electron chi connectivity index (χ3n) is 2.89. The summed E-state index contributed by atoms with van der Waals surface area (Å²) in [4.78, 5) is 3.24. The van der Waals surface area contributed by atoms with Crippen molar-refractivity contribution in [3.63, 3.8) is 0 Å². The summed E-state index contributed by atoms with van der Waals surface area (Å²) in [6.07, 6.45) is -0.582. The quantitative estimate of drug-likeness (QED) is 0.833. The van der Waals surface area contributed by atoms with Crippen molar-refractivity contribution in [2.24, 2.45) is 0 Å². The second-order valence-corrected chi connectivity index (χ2v) is 6.35. The Labute approximate surface area is 122 Å². The summed E-state index contributed by atoms with van der Waals surface area (Å²) in [5.74, 6) is 0. The Bertz CT molecular complexity index is 544. The van der Waals surface area contributed by atoms with E-state index in [2.05, 4.69) is 4.90 Å². The molecule has 0 saturated carbocycles. The molecule has 3 N–H and O–H groups in total. The molecule has 19 heavy (non-hydrogen) atoms. The number of halogens is 1. The standard InChI is InChI=1S/C14H17ClN2OS/c1-17(8-10-6-7-14(15)19-10)9-13(18)11-4-2-3-5-12(11)16/h2-7,13,18H,8-9,16H2,1H3. The number of aliphatic hydroxyl groups is 1. The molecule has 1 unspecified atom stereocenters. The SMILES string of the molecule is CN(Cc1ccc(Cl)s1)CC(O)c1ccccc1N. The van der Waals surface area contributed by atoms with Gasteiger partial charge in [0.05, 0.1) is 10.4 Å². The zero-order valence-corrected chi connectivity index (χ0v) is 12.3.